The van der Waals surface area contributed by atoms with Crippen molar-refractivity contribution in [3.8, 4) is 0 Å². The van der Waals surface area contributed by atoms with E-state index in [1.807, 2.05) is 42.5 Å². The fourth-order valence-electron chi connectivity index (χ4n) is 1.36. The molecule has 0 bridgehead atoms. The first-order valence-electron chi connectivity index (χ1n) is 5.11. The van der Waals surface area contributed by atoms with Crippen molar-refractivity contribution in [1.82, 2.24) is 4.98 Å². The van der Waals surface area contributed by atoms with Crippen LogP contribution in [-0.2, 0) is 11.3 Å². The smallest absolute Gasteiger partial charge is 0.130 e. The zero-order chi connectivity index (χ0) is 11.2. The average molecular weight is 234 g/mol. The van der Waals surface area contributed by atoms with Crippen LogP contribution in [-0.4, -0.2) is 4.98 Å². The molecule has 1 heterocycles. The number of nitrogens with zero attached hydrogens (tertiary/aromatic N) is 1. The maximum absolute atomic E-state index is 6.06. The van der Waals surface area contributed by atoms with Crippen molar-refractivity contribution in [2.45, 2.75) is 13.0 Å². The summed E-state index contributed by atoms with van der Waals surface area (Å²) in [5, 5.41) is 0.654. The summed E-state index contributed by atoms with van der Waals surface area (Å²) in [5.74, 6) is 0.789. The molecule has 0 radical (unpaired) electrons. The Morgan fingerprint density at radius 2 is 2.25 bits per heavy atom. The second kappa shape index (κ2) is 5.52. The summed E-state index contributed by atoms with van der Waals surface area (Å²) in [4.78, 5) is 4.18. The van der Waals surface area contributed by atoms with Gasteiger partial charge in [0, 0.05) is 12.6 Å². The molecule has 3 heteroatoms. The minimum atomic E-state index is 0.452. The molecule has 1 aromatic rings. The van der Waals surface area contributed by atoms with Crippen molar-refractivity contribution >= 4 is 11.6 Å². The minimum absolute atomic E-state index is 0.452. The quantitative estimate of drug-likeness (QED) is 0.796. The van der Waals surface area contributed by atoms with Crippen LogP contribution in [0, 0.1) is 0 Å². The average Bonchev–Trinajstić information content (AvgIpc) is 2.53. The van der Waals surface area contributed by atoms with Gasteiger partial charge in [-0.2, -0.15) is 0 Å². The molecule has 1 aliphatic carbocycles. The van der Waals surface area contributed by atoms with E-state index < -0.39 is 0 Å². The maximum atomic E-state index is 6.06. The molecule has 0 saturated heterocycles. The first kappa shape index (κ1) is 11.0. The maximum Gasteiger partial charge on any atom is 0.130 e. The zero-order valence-corrected chi connectivity index (χ0v) is 9.52. The first-order valence-corrected chi connectivity index (χ1v) is 5.48. The second-order valence-electron chi connectivity index (χ2n) is 3.37. The van der Waals surface area contributed by atoms with Gasteiger partial charge in [0.25, 0.3) is 0 Å². The topological polar surface area (TPSA) is 22.1 Å². The molecule has 1 aromatic heterocycles. The molecular formula is C13H12ClNO. The Balaban J connectivity index is 2.00. The molecule has 2 rings (SSSR count). The third-order valence-electron chi connectivity index (χ3n) is 2.18. The molecule has 2 nitrogen and oxygen atoms in total. The predicted octanol–water partition coefficient (Wildman–Crippen LogP) is 3.56. The van der Waals surface area contributed by atoms with E-state index in [4.69, 9.17) is 16.3 Å². The summed E-state index contributed by atoms with van der Waals surface area (Å²) in [6.45, 7) is 0.452. The highest BCUT2D eigenvalue weighted by atomic mass is 35.5. The van der Waals surface area contributed by atoms with Gasteiger partial charge in [-0.15, -0.1) is 0 Å². The summed E-state index contributed by atoms with van der Waals surface area (Å²) < 4.78 is 5.64. The number of allylic oxidation sites excluding steroid dienone is 5. The monoisotopic (exact) mass is 233 g/mol. The van der Waals surface area contributed by atoms with Gasteiger partial charge in [0.05, 0.1) is 10.7 Å². The SMILES string of the molecule is ClC1=C(OCc2ccccn2)CC=CC=C1. The van der Waals surface area contributed by atoms with E-state index in [0.29, 0.717) is 11.6 Å². The van der Waals surface area contributed by atoms with Crippen molar-refractivity contribution in [3.05, 3.63) is 65.2 Å². The van der Waals surface area contributed by atoms with Crippen LogP contribution in [0.3, 0.4) is 0 Å². The summed E-state index contributed by atoms with van der Waals surface area (Å²) in [6, 6.07) is 5.75. The van der Waals surface area contributed by atoms with Crippen molar-refractivity contribution in [2.75, 3.05) is 0 Å². The molecular weight excluding hydrogens is 222 g/mol. The van der Waals surface area contributed by atoms with Gasteiger partial charge in [0.15, 0.2) is 0 Å². The van der Waals surface area contributed by atoms with Crippen molar-refractivity contribution in [3.63, 3.8) is 0 Å². The highest BCUT2D eigenvalue weighted by Crippen LogP contribution is 2.20. The lowest BCUT2D eigenvalue weighted by Crippen LogP contribution is -1.96. The standard InChI is InChI=1S/C13H12ClNO/c14-12-7-2-1-3-8-13(12)16-10-11-6-4-5-9-15-11/h1-7,9H,8,10H2. The molecule has 0 spiro atoms. The van der Waals surface area contributed by atoms with E-state index in [1.54, 1.807) is 6.20 Å². The molecule has 0 fully saturated rings. The van der Waals surface area contributed by atoms with Crippen LogP contribution in [0.1, 0.15) is 12.1 Å². The van der Waals surface area contributed by atoms with Crippen molar-refractivity contribution < 1.29 is 4.74 Å². The molecule has 0 aliphatic heterocycles. The Morgan fingerprint density at radius 1 is 1.31 bits per heavy atom. The molecule has 0 aromatic carbocycles. The summed E-state index contributed by atoms with van der Waals surface area (Å²) >= 11 is 6.06. The lowest BCUT2D eigenvalue weighted by molar-refractivity contribution is 0.190. The van der Waals surface area contributed by atoms with E-state index >= 15 is 0 Å². The van der Waals surface area contributed by atoms with Gasteiger partial charge in [0.1, 0.15) is 12.4 Å². The molecule has 16 heavy (non-hydrogen) atoms. The lowest BCUT2D eigenvalue weighted by atomic mass is 10.3. The molecule has 0 amide bonds. The van der Waals surface area contributed by atoms with Gasteiger partial charge in [0.2, 0.25) is 0 Å². The highest BCUT2D eigenvalue weighted by molar-refractivity contribution is 6.31. The third kappa shape index (κ3) is 2.97. The van der Waals surface area contributed by atoms with Crippen LogP contribution in [0.4, 0.5) is 0 Å². The molecule has 82 valence electrons. The van der Waals surface area contributed by atoms with Gasteiger partial charge < -0.3 is 4.74 Å². The first-order chi connectivity index (χ1) is 7.86. The highest BCUT2D eigenvalue weighted by Gasteiger charge is 2.05. The number of halogens is 1. The molecule has 1 aliphatic rings. The van der Waals surface area contributed by atoms with Gasteiger partial charge in [-0.3, -0.25) is 4.98 Å². The van der Waals surface area contributed by atoms with E-state index in [9.17, 15) is 0 Å². The molecule has 0 N–H and O–H groups in total. The van der Waals surface area contributed by atoms with E-state index in [0.717, 1.165) is 17.9 Å². The number of pyridine rings is 1. The Kier molecular flexibility index (Phi) is 3.78. The van der Waals surface area contributed by atoms with Crippen molar-refractivity contribution in [2.24, 2.45) is 0 Å². The van der Waals surface area contributed by atoms with Crippen LogP contribution in [0.25, 0.3) is 0 Å². The Bertz CT molecular complexity index is 435. The van der Waals surface area contributed by atoms with E-state index in [1.165, 1.54) is 0 Å². The summed E-state index contributed by atoms with van der Waals surface area (Å²) in [7, 11) is 0. The zero-order valence-electron chi connectivity index (χ0n) is 8.77. The van der Waals surface area contributed by atoms with Gasteiger partial charge >= 0.3 is 0 Å². The van der Waals surface area contributed by atoms with Crippen LogP contribution in [0.2, 0.25) is 0 Å². The van der Waals surface area contributed by atoms with Crippen LogP contribution < -0.4 is 0 Å². The Hall–Kier alpha value is -1.54. The number of rotatable bonds is 3. The molecule has 0 saturated carbocycles. The number of aromatic nitrogens is 1. The largest absolute Gasteiger partial charge is 0.490 e. The van der Waals surface area contributed by atoms with E-state index in [2.05, 4.69) is 4.98 Å². The van der Waals surface area contributed by atoms with E-state index in [-0.39, 0.29) is 0 Å². The molecule has 0 atom stereocenters. The van der Waals surface area contributed by atoms with Gasteiger partial charge in [-0.25, -0.2) is 0 Å². The normalized spacial score (nSPS) is 15.1. The van der Waals surface area contributed by atoms with Crippen LogP contribution in [0.5, 0.6) is 0 Å². The Labute approximate surface area is 99.9 Å². The van der Waals surface area contributed by atoms with Crippen LogP contribution >= 0.6 is 11.6 Å². The predicted molar refractivity (Wildman–Crippen MR) is 64.8 cm³/mol. The number of ether oxygens (including phenoxy) is 1. The minimum Gasteiger partial charge on any atom is -0.490 e. The third-order valence-corrected chi connectivity index (χ3v) is 2.52. The van der Waals surface area contributed by atoms with Gasteiger partial charge in [-0.05, 0) is 18.2 Å². The van der Waals surface area contributed by atoms with Gasteiger partial charge in [-0.1, -0.05) is 35.9 Å². The fourth-order valence-corrected chi connectivity index (χ4v) is 1.56. The second-order valence-corrected chi connectivity index (χ2v) is 3.78. The summed E-state index contributed by atoms with van der Waals surface area (Å²) in [5.41, 5.74) is 0.900. The fraction of sp³-hybridized carbons (Fsp3) is 0.154. The number of hydrogen-bond donors (Lipinski definition) is 0. The summed E-state index contributed by atoms with van der Waals surface area (Å²) in [6.07, 6.45) is 10.2. The number of hydrogen-bond acceptors (Lipinski definition) is 2. The molecule has 0 unspecified atom stereocenters. The van der Waals surface area contributed by atoms with Crippen LogP contribution in [0.15, 0.2) is 59.5 Å². The lowest BCUT2D eigenvalue weighted by Gasteiger charge is -2.08. The van der Waals surface area contributed by atoms with Crippen molar-refractivity contribution in [1.29, 1.82) is 0 Å². The Morgan fingerprint density at radius 3 is 3.06 bits per heavy atom.